The van der Waals surface area contributed by atoms with Gasteiger partial charge < -0.3 is 10.1 Å². The molecule has 1 aliphatic rings. The normalized spacial score (nSPS) is 24.0. The molecule has 1 heterocycles. The second-order valence-corrected chi connectivity index (χ2v) is 7.49. The average molecular weight is 256 g/mol. The fourth-order valence-corrected chi connectivity index (χ4v) is 2.26. The van der Waals surface area contributed by atoms with E-state index in [1.165, 1.54) is 13.0 Å². The summed E-state index contributed by atoms with van der Waals surface area (Å²) in [7, 11) is 0. The van der Waals surface area contributed by atoms with Crippen molar-refractivity contribution in [3.63, 3.8) is 0 Å². The minimum Gasteiger partial charge on any atom is -0.375 e. The van der Waals surface area contributed by atoms with Crippen LogP contribution in [0, 0.1) is 5.41 Å². The number of rotatable bonds is 3. The third-order valence-electron chi connectivity index (χ3n) is 3.47. The van der Waals surface area contributed by atoms with Crippen LogP contribution in [0.15, 0.2) is 0 Å². The largest absolute Gasteiger partial charge is 0.375 e. The zero-order valence-electron chi connectivity index (χ0n) is 13.2. The molecule has 0 aromatic carbocycles. The molecule has 108 valence electrons. The maximum atomic E-state index is 5.83. The van der Waals surface area contributed by atoms with Crippen LogP contribution in [0.25, 0.3) is 0 Å². The second kappa shape index (κ2) is 6.36. The summed E-state index contributed by atoms with van der Waals surface area (Å²) in [6.45, 7) is 18.7. The fraction of sp³-hybridized carbons (Fsp3) is 1.00. The summed E-state index contributed by atoms with van der Waals surface area (Å²) in [4.78, 5) is 2.54. The lowest BCUT2D eigenvalue weighted by Crippen LogP contribution is -2.47. The predicted molar refractivity (Wildman–Crippen MR) is 78.0 cm³/mol. The molecule has 0 amide bonds. The zero-order chi connectivity index (χ0) is 13.8. The van der Waals surface area contributed by atoms with Crippen LogP contribution in [0.1, 0.15) is 48.0 Å². The van der Waals surface area contributed by atoms with Crippen molar-refractivity contribution in [1.29, 1.82) is 0 Å². The van der Waals surface area contributed by atoms with Crippen molar-refractivity contribution >= 4 is 0 Å². The molecule has 1 atom stereocenters. The molecule has 3 heteroatoms. The molecule has 0 bridgehead atoms. The topological polar surface area (TPSA) is 24.5 Å². The van der Waals surface area contributed by atoms with Crippen LogP contribution in [-0.4, -0.2) is 49.3 Å². The van der Waals surface area contributed by atoms with E-state index in [-0.39, 0.29) is 5.60 Å². The highest BCUT2D eigenvalue weighted by molar-refractivity contribution is 4.85. The predicted octanol–water partition coefficient (Wildman–Crippen LogP) is 2.51. The van der Waals surface area contributed by atoms with Gasteiger partial charge in [-0.1, -0.05) is 20.8 Å². The van der Waals surface area contributed by atoms with Gasteiger partial charge in [0.1, 0.15) is 0 Å². The quantitative estimate of drug-likeness (QED) is 0.840. The van der Waals surface area contributed by atoms with Crippen molar-refractivity contribution in [2.45, 2.75) is 59.6 Å². The third kappa shape index (κ3) is 6.17. The van der Waals surface area contributed by atoms with Gasteiger partial charge in [-0.15, -0.1) is 0 Å². The third-order valence-corrected chi connectivity index (χ3v) is 3.47. The lowest BCUT2D eigenvalue weighted by molar-refractivity contribution is -0.0141. The summed E-state index contributed by atoms with van der Waals surface area (Å²) in [6, 6.07) is 0.578. The number of hydrogen-bond acceptors (Lipinski definition) is 3. The van der Waals surface area contributed by atoms with Crippen LogP contribution >= 0.6 is 0 Å². The first-order valence-electron chi connectivity index (χ1n) is 7.28. The molecule has 0 aliphatic carbocycles. The molecular formula is C15H32N2O. The molecule has 0 saturated carbocycles. The highest BCUT2D eigenvalue weighted by Crippen LogP contribution is 2.21. The number of nitrogens with zero attached hydrogens (tertiary/aromatic N) is 1. The van der Waals surface area contributed by atoms with E-state index in [0.717, 1.165) is 26.2 Å². The zero-order valence-corrected chi connectivity index (χ0v) is 13.2. The molecule has 0 aromatic rings. The summed E-state index contributed by atoms with van der Waals surface area (Å²) in [6.07, 6.45) is 1.24. The minimum atomic E-state index is -0.0203. The first-order valence-corrected chi connectivity index (χ1v) is 7.28. The highest BCUT2D eigenvalue weighted by atomic mass is 16.5. The second-order valence-electron chi connectivity index (χ2n) is 7.49. The molecule has 1 rings (SSSR count). The van der Waals surface area contributed by atoms with Crippen LogP contribution in [0.5, 0.6) is 0 Å². The van der Waals surface area contributed by atoms with Crippen molar-refractivity contribution in [3.8, 4) is 0 Å². The van der Waals surface area contributed by atoms with E-state index in [9.17, 15) is 0 Å². The van der Waals surface area contributed by atoms with E-state index >= 15 is 0 Å². The monoisotopic (exact) mass is 256 g/mol. The lowest BCUT2D eigenvalue weighted by Gasteiger charge is -2.34. The van der Waals surface area contributed by atoms with E-state index in [1.54, 1.807) is 0 Å². The smallest absolute Gasteiger partial charge is 0.0600 e. The van der Waals surface area contributed by atoms with Crippen molar-refractivity contribution in [2.24, 2.45) is 5.41 Å². The fourth-order valence-electron chi connectivity index (χ4n) is 2.26. The van der Waals surface area contributed by atoms with E-state index < -0.39 is 0 Å². The average Bonchev–Trinajstić information content (AvgIpc) is 2.40. The standard InChI is InChI=1S/C15H32N2O/c1-14(2,3)13-12-17(9-7-8-16-13)10-11-18-15(4,5)6/h13,16H,7-12H2,1-6H3. The van der Waals surface area contributed by atoms with Gasteiger partial charge >= 0.3 is 0 Å². The van der Waals surface area contributed by atoms with Crippen molar-refractivity contribution < 1.29 is 4.74 Å². The van der Waals surface area contributed by atoms with Gasteiger partial charge in [0.25, 0.3) is 0 Å². The summed E-state index contributed by atoms with van der Waals surface area (Å²) >= 11 is 0. The first kappa shape index (κ1) is 15.9. The Morgan fingerprint density at radius 2 is 1.83 bits per heavy atom. The Morgan fingerprint density at radius 1 is 1.17 bits per heavy atom. The summed E-state index contributed by atoms with van der Waals surface area (Å²) in [5.41, 5.74) is 0.307. The Balaban J connectivity index is 2.40. The molecular weight excluding hydrogens is 224 g/mol. The molecule has 0 radical (unpaired) electrons. The number of ether oxygens (including phenoxy) is 1. The highest BCUT2D eigenvalue weighted by Gasteiger charge is 2.27. The summed E-state index contributed by atoms with van der Waals surface area (Å²) in [5.74, 6) is 0. The van der Waals surface area contributed by atoms with Crippen LogP contribution in [-0.2, 0) is 4.74 Å². The molecule has 0 aromatic heterocycles. The van der Waals surface area contributed by atoms with Crippen molar-refractivity contribution in [3.05, 3.63) is 0 Å². The molecule has 1 unspecified atom stereocenters. The van der Waals surface area contributed by atoms with E-state index in [4.69, 9.17) is 4.74 Å². The summed E-state index contributed by atoms with van der Waals surface area (Å²) in [5, 5.41) is 3.68. The molecule has 1 aliphatic heterocycles. The van der Waals surface area contributed by atoms with Crippen molar-refractivity contribution in [2.75, 3.05) is 32.8 Å². The first-order chi connectivity index (χ1) is 8.18. The van der Waals surface area contributed by atoms with Gasteiger partial charge in [0.2, 0.25) is 0 Å². The summed E-state index contributed by atoms with van der Waals surface area (Å²) < 4.78 is 5.83. The van der Waals surface area contributed by atoms with Crippen LogP contribution in [0.3, 0.4) is 0 Å². The molecule has 1 saturated heterocycles. The van der Waals surface area contributed by atoms with Crippen LogP contribution in [0.4, 0.5) is 0 Å². The molecule has 0 spiro atoms. The van der Waals surface area contributed by atoms with Gasteiger partial charge in [0, 0.05) is 19.1 Å². The number of nitrogens with one attached hydrogen (secondary N) is 1. The molecule has 1 N–H and O–H groups in total. The number of hydrogen-bond donors (Lipinski definition) is 1. The van der Waals surface area contributed by atoms with E-state index in [2.05, 4.69) is 51.8 Å². The van der Waals surface area contributed by atoms with Gasteiger partial charge in [-0.05, 0) is 45.7 Å². The molecule has 18 heavy (non-hydrogen) atoms. The molecule has 1 fully saturated rings. The maximum Gasteiger partial charge on any atom is 0.0600 e. The van der Waals surface area contributed by atoms with Gasteiger partial charge in [-0.3, -0.25) is 4.90 Å². The SMILES string of the molecule is CC(C)(C)OCCN1CCCNC(C(C)(C)C)C1. The lowest BCUT2D eigenvalue weighted by atomic mass is 9.86. The van der Waals surface area contributed by atoms with Crippen LogP contribution < -0.4 is 5.32 Å². The molecule has 3 nitrogen and oxygen atoms in total. The Kier molecular flexibility index (Phi) is 5.63. The minimum absolute atomic E-state index is 0.0203. The van der Waals surface area contributed by atoms with Gasteiger partial charge in [0.05, 0.1) is 12.2 Å². The van der Waals surface area contributed by atoms with Gasteiger partial charge in [0.15, 0.2) is 0 Å². The Bertz CT molecular complexity index is 240. The Labute approximate surface area is 113 Å². The van der Waals surface area contributed by atoms with Gasteiger partial charge in [-0.2, -0.15) is 0 Å². The Morgan fingerprint density at radius 3 is 2.39 bits per heavy atom. The van der Waals surface area contributed by atoms with Crippen molar-refractivity contribution in [1.82, 2.24) is 10.2 Å². The van der Waals surface area contributed by atoms with E-state index in [0.29, 0.717) is 11.5 Å². The maximum absolute atomic E-state index is 5.83. The Hall–Kier alpha value is -0.120. The van der Waals surface area contributed by atoms with Gasteiger partial charge in [-0.25, -0.2) is 0 Å². The van der Waals surface area contributed by atoms with Crippen LogP contribution in [0.2, 0.25) is 0 Å². The van der Waals surface area contributed by atoms with E-state index in [1.807, 2.05) is 0 Å².